The third-order valence-corrected chi connectivity index (χ3v) is 5.30. The van der Waals surface area contributed by atoms with Crippen LogP contribution in [-0.2, 0) is 17.9 Å². The van der Waals surface area contributed by atoms with Crippen molar-refractivity contribution in [1.82, 2.24) is 24.4 Å². The van der Waals surface area contributed by atoms with Gasteiger partial charge < -0.3 is 10.2 Å². The molecule has 0 bridgehead atoms. The van der Waals surface area contributed by atoms with Crippen LogP contribution >= 0.6 is 0 Å². The normalized spacial score (nSPS) is 16.9. The molecule has 0 spiro atoms. The molecular formula is C21H26N6O2. The number of aromatic nitrogens is 4. The molecule has 1 aliphatic rings. The summed E-state index contributed by atoms with van der Waals surface area (Å²) in [5.74, 6) is 0.539. The average molecular weight is 394 g/mol. The predicted molar refractivity (Wildman–Crippen MR) is 112 cm³/mol. The second kappa shape index (κ2) is 8.46. The van der Waals surface area contributed by atoms with Gasteiger partial charge in [0.25, 0.3) is 0 Å². The fourth-order valence-electron chi connectivity index (χ4n) is 4.01. The maximum Gasteiger partial charge on any atom is 0.329 e. The van der Waals surface area contributed by atoms with E-state index in [1.807, 2.05) is 31.2 Å². The van der Waals surface area contributed by atoms with E-state index in [0.717, 1.165) is 36.8 Å². The number of benzene rings is 1. The minimum Gasteiger partial charge on any atom is -0.350 e. The molecular weight excluding hydrogens is 368 g/mol. The van der Waals surface area contributed by atoms with E-state index in [1.165, 1.54) is 0 Å². The fourth-order valence-corrected chi connectivity index (χ4v) is 4.01. The molecule has 1 amide bonds. The molecule has 1 aromatic carbocycles. The predicted octanol–water partition coefficient (Wildman–Crippen LogP) is 1.79. The van der Waals surface area contributed by atoms with Gasteiger partial charge in [0.15, 0.2) is 0 Å². The SMILES string of the molecule is CCCn1c(=O)n(CC(=O)NC2CCCN(c3ncccn3)C2)c2ccccc21. The highest BCUT2D eigenvalue weighted by Crippen LogP contribution is 2.16. The number of piperidine rings is 1. The van der Waals surface area contributed by atoms with E-state index in [1.54, 1.807) is 27.6 Å². The topological polar surface area (TPSA) is 85.0 Å². The van der Waals surface area contributed by atoms with Gasteiger partial charge in [0.05, 0.1) is 11.0 Å². The molecule has 2 aromatic heterocycles. The molecule has 1 atom stereocenters. The zero-order chi connectivity index (χ0) is 20.2. The largest absolute Gasteiger partial charge is 0.350 e. The van der Waals surface area contributed by atoms with E-state index in [9.17, 15) is 9.59 Å². The van der Waals surface area contributed by atoms with Gasteiger partial charge in [0.1, 0.15) is 6.54 Å². The maximum absolute atomic E-state index is 12.9. The first-order chi connectivity index (χ1) is 14.2. The summed E-state index contributed by atoms with van der Waals surface area (Å²) in [6.45, 7) is 4.25. The van der Waals surface area contributed by atoms with Crippen molar-refractivity contribution in [2.75, 3.05) is 18.0 Å². The average Bonchev–Trinajstić information content (AvgIpc) is 3.01. The third kappa shape index (κ3) is 4.01. The van der Waals surface area contributed by atoms with E-state index < -0.39 is 0 Å². The number of imidazole rings is 1. The van der Waals surface area contributed by atoms with Gasteiger partial charge in [-0.05, 0) is 37.5 Å². The van der Waals surface area contributed by atoms with Crippen molar-refractivity contribution >= 4 is 22.9 Å². The molecule has 0 saturated carbocycles. The van der Waals surface area contributed by atoms with Gasteiger partial charge in [-0.3, -0.25) is 13.9 Å². The summed E-state index contributed by atoms with van der Waals surface area (Å²) >= 11 is 0. The summed E-state index contributed by atoms with van der Waals surface area (Å²) in [5, 5.41) is 3.10. The van der Waals surface area contributed by atoms with Gasteiger partial charge in [0.2, 0.25) is 11.9 Å². The summed E-state index contributed by atoms with van der Waals surface area (Å²) in [6.07, 6.45) is 6.17. The smallest absolute Gasteiger partial charge is 0.329 e. The lowest BCUT2D eigenvalue weighted by molar-refractivity contribution is -0.122. The lowest BCUT2D eigenvalue weighted by Crippen LogP contribution is -2.49. The number of carbonyl (C=O) groups excluding carboxylic acids is 1. The van der Waals surface area contributed by atoms with Crippen molar-refractivity contribution in [2.24, 2.45) is 0 Å². The number of para-hydroxylation sites is 2. The molecule has 1 N–H and O–H groups in total. The lowest BCUT2D eigenvalue weighted by atomic mass is 10.1. The van der Waals surface area contributed by atoms with E-state index in [2.05, 4.69) is 20.2 Å². The molecule has 1 saturated heterocycles. The first-order valence-corrected chi connectivity index (χ1v) is 10.2. The Kier molecular flexibility index (Phi) is 5.59. The number of hydrogen-bond donors (Lipinski definition) is 1. The van der Waals surface area contributed by atoms with Crippen molar-refractivity contribution in [2.45, 2.75) is 45.3 Å². The van der Waals surface area contributed by atoms with Crippen molar-refractivity contribution in [3.05, 3.63) is 53.2 Å². The summed E-state index contributed by atoms with van der Waals surface area (Å²) in [6, 6.07) is 9.44. The molecule has 0 aliphatic carbocycles. The Bertz CT molecular complexity index is 1040. The molecule has 3 heterocycles. The van der Waals surface area contributed by atoms with Crippen molar-refractivity contribution in [1.29, 1.82) is 0 Å². The van der Waals surface area contributed by atoms with Crippen molar-refractivity contribution in [3.8, 4) is 0 Å². The fraction of sp³-hybridized carbons (Fsp3) is 0.429. The van der Waals surface area contributed by atoms with E-state index >= 15 is 0 Å². The van der Waals surface area contributed by atoms with Crippen LogP contribution in [0.1, 0.15) is 26.2 Å². The first-order valence-electron chi connectivity index (χ1n) is 10.2. The van der Waals surface area contributed by atoms with Gasteiger partial charge in [-0.1, -0.05) is 19.1 Å². The summed E-state index contributed by atoms with van der Waals surface area (Å²) in [7, 11) is 0. The highest BCUT2D eigenvalue weighted by molar-refractivity contribution is 5.81. The molecule has 8 heteroatoms. The molecule has 29 heavy (non-hydrogen) atoms. The Balaban J connectivity index is 1.48. The number of hydrogen-bond acceptors (Lipinski definition) is 5. The van der Waals surface area contributed by atoms with Crippen LogP contribution in [0.2, 0.25) is 0 Å². The van der Waals surface area contributed by atoms with Crippen LogP contribution in [0.15, 0.2) is 47.5 Å². The standard InChI is InChI=1S/C21H26N6O2/c1-2-12-26-17-8-3-4-9-18(17)27(21(26)29)15-19(28)24-16-7-5-13-25(14-16)20-22-10-6-11-23-20/h3-4,6,8-11,16H,2,5,7,12-15H2,1H3,(H,24,28). The monoisotopic (exact) mass is 394 g/mol. The Morgan fingerprint density at radius 2 is 1.86 bits per heavy atom. The van der Waals surface area contributed by atoms with Crippen LogP contribution in [0.5, 0.6) is 0 Å². The molecule has 8 nitrogen and oxygen atoms in total. The number of nitrogens with one attached hydrogen (secondary N) is 1. The minimum absolute atomic E-state index is 0.0137. The number of rotatable bonds is 6. The molecule has 1 fully saturated rings. The Morgan fingerprint density at radius 1 is 1.14 bits per heavy atom. The quantitative estimate of drug-likeness (QED) is 0.689. The summed E-state index contributed by atoms with van der Waals surface area (Å²) in [5.41, 5.74) is 1.53. The molecule has 1 aliphatic heterocycles. The third-order valence-electron chi connectivity index (χ3n) is 5.30. The first kappa shape index (κ1) is 19.2. The van der Waals surface area contributed by atoms with Gasteiger partial charge >= 0.3 is 5.69 Å². The molecule has 1 unspecified atom stereocenters. The Hall–Kier alpha value is -3.16. The Morgan fingerprint density at radius 3 is 2.59 bits per heavy atom. The Labute approximate surface area is 169 Å². The van der Waals surface area contributed by atoms with Gasteiger partial charge in [-0.25, -0.2) is 14.8 Å². The second-order valence-electron chi connectivity index (χ2n) is 7.41. The van der Waals surface area contributed by atoms with E-state index in [4.69, 9.17) is 0 Å². The van der Waals surface area contributed by atoms with Crippen LogP contribution in [0.4, 0.5) is 5.95 Å². The van der Waals surface area contributed by atoms with Gasteiger partial charge in [-0.2, -0.15) is 0 Å². The zero-order valence-corrected chi connectivity index (χ0v) is 16.6. The highest BCUT2D eigenvalue weighted by atomic mass is 16.2. The minimum atomic E-state index is -0.146. The molecule has 3 aromatic rings. The van der Waals surface area contributed by atoms with Gasteiger partial charge in [-0.15, -0.1) is 0 Å². The molecule has 4 rings (SSSR count). The van der Waals surface area contributed by atoms with E-state index in [-0.39, 0.29) is 24.2 Å². The van der Waals surface area contributed by atoms with E-state index in [0.29, 0.717) is 19.0 Å². The number of anilines is 1. The van der Waals surface area contributed by atoms with Crippen LogP contribution in [-0.4, -0.2) is 44.1 Å². The number of amides is 1. The number of aryl methyl sites for hydroxylation is 1. The molecule has 0 radical (unpaired) electrons. The van der Waals surface area contributed by atoms with Crippen molar-refractivity contribution < 1.29 is 4.79 Å². The molecule has 152 valence electrons. The summed E-state index contributed by atoms with van der Waals surface area (Å²) in [4.78, 5) is 36.3. The number of nitrogens with zero attached hydrogens (tertiary/aromatic N) is 5. The lowest BCUT2D eigenvalue weighted by Gasteiger charge is -2.33. The van der Waals surface area contributed by atoms with Crippen LogP contribution in [0, 0.1) is 0 Å². The number of carbonyl (C=O) groups is 1. The number of fused-ring (bicyclic) bond motifs is 1. The van der Waals surface area contributed by atoms with Crippen LogP contribution in [0.25, 0.3) is 11.0 Å². The van der Waals surface area contributed by atoms with Gasteiger partial charge in [0, 0.05) is 38.1 Å². The second-order valence-corrected chi connectivity index (χ2v) is 7.41. The zero-order valence-electron chi connectivity index (χ0n) is 16.6. The van der Waals surface area contributed by atoms with Crippen LogP contribution < -0.4 is 15.9 Å². The van der Waals surface area contributed by atoms with Crippen molar-refractivity contribution in [3.63, 3.8) is 0 Å². The maximum atomic E-state index is 12.9. The summed E-state index contributed by atoms with van der Waals surface area (Å²) < 4.78 is 3.32. The van der Waals surface area contributed by atoms with Crippen LogP contribution in [0.3, 0.4) is 0 Å². The highest BCUT2D eigenvalue weighted by Gasteiger charge is 2.23.